The number of aliphatic carboxylic acids is 1. The topological polar surface area (TPSA) is 92.7 Å². The summed E-state index contributed by atoms with van der Waals surface area (Å²) in [5.74, 6) is -1.30. The van der Waals surface area contributed by atoms with Gasteiger partial charge in [0, 0.05) is 12.8 Å². The number of ether oxygens (including phenoxy) is 1. The maximum atomic E-state index is 12.7. The van der Waals surface area contributed by atoms with E-state index in [2.05, 4.69) is 92.1 Å². The van der Waals surface area contributed by atoms with E-state index in [0.717, 1.165) is 122 Å². The van der Waals surface area contributed by atoms with E-state index in [9.17, 15) is 14.4 Å². The van der Waals surface area contributed by atoms with Crippen LogP contribution in [0.3, 0.4) is 0 Å². The summed E-state index contributed by atoms with van der Waals surface area (Å²) in [6.07, 6.45) is 51.6. The van der Waals surface area contributed by atoms with Crippen LogP contribution in [0.4, 0.5) is 0 Å². The zero-order valence-electron chi connectivity index (χ0n) is 32.0. The van der Waals surface area contributed by atoms with Crippen molar-refractivity contribution in [3.05, 3.63) is 72.9 Å². The monoisotopic (exact) mass is 696 g/mol. The fourth-order valence-corrected chi connectivity index (χ4v) is 5.42. The number of carboxylic acids is 1. The number of carbonyl (C=O) groups excluding carboxylic acids is 2. The average molecular weight is 696 g/mol. The number of nitrogens with one attached hydrogen (secondary N) is 1. The first-order valence-corrected chi connectivity index (χ1v) is 20.1. The van der Waals surface area contributed by atoms with Crippen LogP contribution in [-0.2, 0) is 19.1 Å². The van der Waals surface area contributed by atoms with Crippen molar-refractivity contribution in [2.45, 2.75) is 180 Å². The SMILES string of the molecule is CC/C=C\C/C=C\C/C=C\C/C=C\CCCCCCC(=O)OC(CCC/C=C\C/C=C\CCCCC)CCCCCCCC(=O)NCC(=O)O. The van der Waals surface area contributed by atoms with E-state index >= 15 is 0 Å². The summed E-state index contributed by atoms with van der Waals surface area (Å²) >= 11 is 0. The van der Waals surface area contributed by atoms with Gasteiger partial charge in [-0.3, -0.25) is 14.4 Å². The molecule has 0 spiro atoms. The smallest absolute Gasteiger partial charge is 0.322 e. The van der Waals surface area contributed by atoms with Crippen molar-refractivity contribution < 1.29 is 24.2 Å². The number of unbranched alkanes of at least 4 members (excludes halogenated alkanes) is 12. The van der Waals surface area contributed by atoms with Gasteiger partial charge in [0.15, 0.2) is 0 Å². The predicted molar refractivity (Wildman–Crippen MR) is 212 cm³/mol. The van der Waals surface area contributed by atoms with E-state index in [-0.39, 0.29) is 24.5 Å². The molecule has 0 rings (SSSR count). The zero-order chi connectivity index (χ0) is 36.6. The van der Waals surface area contributed by atoms with E-state index in [4.69, 9.17) is 9.84 Å². The molecule has 0 saturated carbocycles. The maximum Gasteiger partial charge on any atom is 0.322 e. The van der Waals surface area contributed by atoms with Gasteiger partial charge in [0.2, 0.25) is 5.91 Å². The molecule has 0 aliphatic heterocycles. The molecule has 0 fully saturated rings. The molecule has 6 nitrogen and oxygen atoms in total. The van der Waals surface area contributed by atoms with Crippen LogP contribution in [0.15, 0.2) is 72.9 Å². The zero-order valence-corrected chi connectivity index (χ0v) is 32.0. The lowest BCUT2D eigenvalue weighted by atomic mass is 10.0. The van der Waals surface area contributed by atoms with Crippen LogP contribution in [0.1, 0.15) is 174 Å². The van der Waals surface area contributed by atoms with Crippen molar-refractivity contribution in [2.75, 3.05) is 6.54 Å². The summed E-state index contributed by atoms with van der Waals surface area (Å²) in [5.41, 5.74) is 0. The summed E-state index contributed by atoms with van der Waals surface area (Å²) in [7, 11) is 0. The van der Waals surface area contributed by atoms with Crippen molar-refractivity contribution in [3.63, 3.8) is 0 Å². The lowest BCUT2D eigenvalue weighted by Gasteiger charge is -2.18. The lowest BCUT2D eigenvalue weighted by molar-refractivity contribution is -0.150. The van der Waals surface area contributed by atoms with Crippen molar-refractivity contribution in [2.24, 2.45) is 0 Å². The second-order valence-electron chi connectivity index (χ2n) is 13.1. The van der Waals surface area contributed by atoms with Crippen molar-refractivity contribution in [1.82, 2.24) is 5.32 Å². The van der Waals surface area contributed by atoms with Gasteiger partial charge in [0.25, 0.3) is 0 Å². The molecule has 1 atom stereocenters. The highest BCUT2D eigenvalue weighted by molar-refractivity contribution is 5.80. The summed E-state index contributed by atoms with van der Waals surface area (Å²) in [6.45, 7) is 4.06. The van der Waals surface area contributed by atoms with Gasteiger partial charge in [-0.25, -0.2) is 0 Å². The number of hydrogen-bond acceptors (Lipinski definition) is 4. The standard InChI is InChI=1S/C44H73NO5/c1-3-5-7-9-11-13-15-16-17-18-19-20-22-24-26-31-35-39-44(49)50-41(36-32-28-25-23-21-14-12-10-8-6-4-2)37-33-29-27-30-34-38-42(46)45-40-43(47)48/h5,7,11-14,16-17,19-20,23,25,41H,3-4,6,8-10,15,18,21-22,24,26-40H2,1-2H3,(H,45,46)(H,47,48)/b7-5-,13-11-,14-12-,17-16-,20-19-,25-23-. The summed E-state index contributed by atoms with van der Waals surface area (Å²) in [4.78, 5) is 34.9. The number of carboxylic acid groups (broad SMARTS) is 1. The number of rotatable bonds is 35. The van der Waals surface area contributed by atoms with Gasteiger partial charge < -0.3 is 15.2 Å². The van der Waals surface area contributed by atoms with Crippen molar-refractivity contribution in [3.8, 4) is 0 Å². The first-order valence-electron chi connectivity index (χ1n) is 20.1. The Morgan fingerprint density at radius 1 is 0.540 bits per heavy atom. The fourth-order valence-electron chi connectivity index (χ4n) is 5.42. The minimum atomic E-state index is -1.02. The number of amides is 1. The minimum absolute atomic E-state index is 0.0330. The Morgan fingerprint density at radius 3 is 1.58 bits per heavy atom. The molecule has 0 saturated heterocycles. The predicted octanol–water partition coefficient (Wildman–Crippen LogP) is 12.2. The Kier molecular flexibility index (Phi) is 36.2. The number of allylic oxidation sites excluding steroid dienone is 12. The van der Waals surface area contributed by atoms with Gasteiger partial charge in [-0.1, -0.05) is 132 Å². The molecule has 1 unspecified atom stereocenters. The van der Waals surface area contributed by atoms with Crippen LogP contribution in [0.2, 0.25) is 0 Å². The average Bonchev–Trinajstić information content (AvgIpc) is 3.10. The Labute approximate surface area is 306 Å². The Morgan fingerprint density at radius 2 is 1.00 bits per heavy atom. The first kappa shape index (κ1) is 46.9. The van der Waals surface area contributed by atoms with Crippen LogP contribution in [0.25, 0.3) is 0 Å². The summed E-state index contributed by atoms with van der Waals surface area (Å²) < 4.78 is 5.98. The molecule has 2 N–H and O–H groups in total. The maximum absolute atomic E-state index is 12.7. The highest BCUT2D eigenvalue weighted by Crippen LogP contribution is 2.17. The Bertz CT molecular complexity index is 990. The van der Waals surface area contributed by atoms with Crippen LogP contribution < -0.4 is 5.32 Å². The molecule has 0 radical (unpaired) electrons. The normalized spacial score (nSPS) is 12.8. The van der Waals surface area contributed by atoms with E-state index in [1.807, 2.05) is 0 Å². The van der Waals surface area contributed by atoms with Gasteiger partial charge >= 0.3 is 11.9 Å². The third-order valence-corrected chi connectivity index (χ3v) is 8.36. The van der Waals surface area contributed by atoms with Crippen LogP contribution in [-0.4, -0.2) is 35.6 Å². The highest BCUT2D eigenvalue weighted by atomic mass is 16.5. The van der Waals surface area contributed by atoms with Crippen LogP contribution in [0.5, 0.6) is 0 Å². The molecular formula is C44H73NO5. The fraction of sp³-hybridized carbons (Fsp3) is 0.659. The van der Waals surface area contributed by atoms with E-state index in [1.54, 1.807) is 0 Å². The molecule has 0 aromatic carbocycles. The van der Waals surface area contributed by atoms with Crippen molar-refractivity contribution >= 4 is 17.8 Å². The van der Waals surface area contributed by atoms with E-state index in [1.165, 1.54) is 25.7 Å². The molecule has 0 aromatic rings. The molecule has 0 aromatic heterocycles. The summed E-state index contributed by atoms with van der Waals surface area (Å²) in [6, 6.07) is 0. The number of esters is 1. The molecule has 50 heavy (non-hydrogen) atoms. The Balaban J connectivity index is 4.29. The van der Waals surface area contributed by atoms with Gasteiger partial charge in [-0.2, -0.15) is 0 Å². The molecule has 0 aliphatic rings. The molecule has 0 heterocycles. The van der Waals surface area contributed by atoms with Crippen LogP contribution >= 0.6 is 0 Å². The van der Waals surface area contributed by atoms with Gasteiger partial charge in [-0.05, 0) is 103 Å². The molecule has 0 aliphatic carbocycles. The summed E-state index contributed by atoms with van der Waals surface area (Å²) in [5, 5.41) is 11.1. The van der Waals surface area contributed by atoms with Gasteiger partial charge in [0.1, 0.15) is 12.6 Å². The molecule has 6 heteroatoms. The first-order chi connectivity index (χ1) is 24.5. The largest absolute Gasteiger partial charge is 0.480 e. The van der Waals surface area contributed by atoms with E-state index in [0.29, 0.717) is 12.8 Å². The van der Waals surface area contributed by atoms with E-state index < -0.39 is 5.97 Å². The number of carbonyl (C=O) groups is 3. The Hall–Kier alpha value is -3.15. The second kappa shape index (κ2) is 38.6. The molecule has 1 amide bonds. The molecular weight excluding hydrogens is 622 g/mol. The van der Waals surface area contributed by atoms with Gasteiger partial charge in [0.05, 0.1) is 0 Å². The lowest BCUT2D eigenvalue weighted by Crippen LogP contribution is -2.28. The van der Waals surface area contributed by atoms with Crippen LogP contribution in [0, 0.1) is 0 Å². The third-order valence-electron chi connectivity index (χ3n) is 8.36. The van der Waals surface area contributed by atoms with Crippen molar-refractivity contribution in [1.29, 1.82) is 0 Å². The molecule has 0 bridgehead atoms. The third kappa shape index (κ3) is 37.7. The number of hydrogen-bond donors (Lipinski definition) is 2. The molecule has 284 valence electrons. The van der Waals surface area contributed by atoms with Gasteiger partial charge in [-0.15, -0.1) is 0 Å². The minimum Gasteiger partial charge on any atom is -0.480 e. The highest BCUT2D eigenvalue weighted by Gasteiger charge is 2.14. The quantitative estimate of drug-likeness (QED) is 0.0391. The second-order valence-corrected chi connectivity index (χ2v) is 13.1.